The van der Waals surface area contributed by atoms with Crippen molar-refractivity contribution < 1.29 is 9.53 Å². The molecule has 0 saturated heterocycles. The summed E-state index contributed by atoms with van der Waals surface area (Å²) in [6.45, 7) is 1.77. The molecule has 0 radical (unpaired) electrons. The summed E-state index contributed by atoms with van der Waals surface area (Å²) in [5, 5.41) is 6.30. The first kappa shape index (κ1) is 19.1. The maximum Gasteiger partial charge on any atom is 0.314 e. The fourth-order valence-electron chi connectivity index (χ4n) is 2.38. The molecule has 2 aromatic rings. The maximum atomic E-state index is 11.7. The van der Waals surface area contributed by atoms with E-state index in [4.69, 9.17) is 16.3 Å². The number of benzene rings is 2. The average molecular weight is 361 g/mol. The van der Waals surface area contributed by atoms with E-state index >= 15 is 0 Å². The van der Waals surface area contributed by atoms with Crippen LogP contribution in [0.1, 0.15) is 24.8 Å². The van der Waals surface area contributed by atoms with E-state index < -0.39 is 0 Å². The summed E-state index contributed by atoms with van der Waals surface area (Å²) >= 11 is 6.00. The van der Waals surface area contributed by atoms with E-state index in [-0.39, 0.29) is 6.03 Å². The number of urea groups is 1. The molecule has 0 bridgehead atoms. The van der Waals surface area contributed by atoms with Gasteiger partial charge in [0.1, 0.15) is 5.75 Å². The Morgan fingerprint density at radius 2 is 1.56 bits per heavy atom. The highest BCUT2D eigenvalue weighted by Gasteiger charge is 2.01. The van der Waals surface area contributed by atoms with Gasteiger partial charge in [0.2, 0.25) is 0 Å². The molecule has 0 unspecified atom stereocenters. The molecule has 2 N–H and O–H groups in total. The Kier molecular flexibility index (Phi) is 8.70. The summed E-state index contributed by atoms with van der Waals surface area (Å²) in [7, 11) is 0. The molecular weight excluding hydrogens is 336 g/mol. The third kappa shape index (κ3) is 7.94. The highest BCUT2D eigenvalue weighted by molar-refractivity contribution is 6.32. The first-order valence-electron chi connectivity index (χ1n) is 8.68. The van der Waals surface area contributed by atoms with Crippen LogP contribution in [-0.2, 0) is 6.42 Å². The number of unbranched alkanes of at least 4 members (excludes halogenated alkanes) is 1. The largest absolute Gasteiger partial charge is 0.492 e. The molecule has 134 valence electrons. The fraction of sp³-hybridized carbons (Fsp3) is 0.350. The predicted octanol–water partition coefficient (Wildman–Crippen LogP) is 4.43. The molecule has 0 heterocycles. The summed E-state index contributed by atoms with van der Waals surface area (Å²) in [5.41, 5.74) is 1.34. The second-order valence-electron chi connectivity index (χ2n) is 5.76. The quantitative estimate of drug-likeness (QED) is 0.616. The minimum absolute atomic E-state index is 0.127. The second-order valence-corrected chi connectivity index (χ2v) is 6.17. The molecule has 0 aliphatic carbocycles. The number of carbonyl (C=O) groups excluding carboxylic acids is 1. The number of amides is 2. The molecule has 2 rings (SSSR count). The van der Waals surface area contributed by atoms with Gasteiger partial charge < -0.3 is 15.4 Å². The number of ether oxygens (including phenoxy) is 1. The number of rotatable bonds is 10. The van der Waals surface area contributed by atoms with Crippen molar-refractivity contribution in [3.05, 3.63) is 65.2 Å². The molecule has 0 atom stereocenters. The lowest BCUT2D eigenvalue weighted by molar-refractivity contribution is 0.239. The smallest absolute Gasteiger partial charge is 0.314 e. The Morgan fingerprint density at radius 1 is 0.880 bits per heavy atom. The van der Waals surface area contributed by atoms with E-state index in [0.29, 0.717) is 30.5 Å². The van der Waals surface area contributed by atoms with Crippen LogP contribution in [-0.4, -0.2) is 25.7 Å². The SMILES string of the molecule is O=C(NCCCCc1ccccc1)NCCCOc1ccccc1Cl. The number of nitrogens with one attached hydrogen (secondary N) is 2. The minimum Gasteiger partial charge on any atom is -0.492 e. The highest BCUT2D eigenvalue weighted by Crippen LogP contribution is 2.22. The van der Waals surface area contributed by atoms with E-state index in [1.54, 1.807) is 6.07 Å². The van der Waals surface area contributed by atoms with Crippen LogP contribution in [0.3, 0.4) is 0 Å². The highest BCUT2D eigenvalue weighted by atomic mass is 35.5. The molecule has 0 aromatic heterocycles. The van der Waals surface area contributed by atoms with Gasteiger partial charge in [0.05, 0.1) is 11.6 Å². The van der Waals surface area contributed by atoms with Crippen molar-refractivity contribution in [1.82, 2.24) is 10.6 Å². The van der Waals surface area contributed by atoms with Crippen molar-refractivity contribution in [1.29, 1.82) is 0 Å². The summed E-state index contributed by atoms with van der Waals surface area (Å²) in [6, 6.07) is 17.6. The second kappa shape index (κ2) is 11.4. The van der Waals surface area contributed by atoms with Gasteiger partial charge in [-0.05, 0) is 43.4 Å². The van der Waals surface area contributed by atoms with E-state index in [0.717, 1.165) is 25.7 Å². The number of hydrogen-bond donors (Lipinski definition) is 2. The van der Waals surface area contributed by atoms with Crippen molar-refractivity contribution >= 4 is 17.6 Å². The van der Waals surface area contributed by atoms with Crippen LogP contribution in [0.15, 0.2) is 54.6 Å². The number of hydrogen-bond acceptors (Lipinski definition) is 2. The van der Waals surface area contributed by atoms with Gasteiger partial charge in [-0.3, -0.25) is 0 Å². The Morgan fingerprint density at radius 3 is 2.32 bits per heavy atom. The molecule has 2 aromatic carbocycles. The number of halogens is 1. The predicted molar refractivity (Wildman–Crippen MR) is 102 cm³/mol. The van der Waals surface area contributed by atoms with Gasteiger partial charge in [-0.15, -0.1) is 0 Å². The van der Waals surface area contributed by atoms with Crippen LogP contribution >= 0.6 is 11.6 Å². The van der Waals surface area contributed by atoms with Crippen LogP contribution in [0, 0.1) is 0 Å². The Labute approximate surface area is 154 Å². The van der Waals surface area contributed by atoms with Crippen molar-refractivity contribution in [2.24, 2.45) is 0 Å². The van der Waals surface area contributed by atoms with Gasteiger partial charge in [-0.1, -0.05) is 54.1 Å². The van der Waals surface area contributed by atoms with Gasteiger partial charge in [-0.25, -0.2) is 4.79 Å². The van der Waals surface area contributed by atoms with Crippen molar-refractivity contribution in [2.75, 3.05) is 19.7 Å². The Hall–Kier alpha value is -2.20. The standard InChI is InChI=1S/C20H25ClN2O2/c21-18-12-4-5-13-19(18)25-16-8-15-23-20(24)22-14-7-6-11-17-9-2-1-3-10-17/h1-5,9-10,12-13H,6-8,11,14-16H2,(H2,22,23,24). The number of carbonyl (C=O) groups is 1. The molecule has 0 fully saturated rings. The van der Waals surface area contributed by atoms with Gasteiger partial charge >= 0.3 is 6.03 Å². The molecule has 2 amide bonds. The number of para-hydroxylation sites is 1. The zero-order chi connectivity index (χ0) is 17.7. The van der Waals surface area contributed by atoms with Crippen molar-refractivity contribution in [3.63, 3.8) is 0 Å². The van der Waals surface area contributed by atoms with Crippen LogP contribution in [0.2, 0.25) is 5.02 Å². The summed E-state index contributed by atoms with van der Waals surface area (Å²) in [4.78, 5) is 11.7. The third-order valence-electron chi connectivity index (χ3n) is 3.72. The Bertz CT molecular complexity index is 635. The van der Waals surface area contributed by atoms with E-state index in [1.807, 2.05) is 24.3 Å². The Balaban J connectivity index is 1.45. The number of aryl methyl sites for hydroxylation is 1. The van der Waals surface area contributed by atoms with Crippen LogP contribution in [0.5, 0.6) is 5.75 Å². The monoisotopic (exact) mass is 360 g/mol. The lowest BCUT2D eigenvalue weighted by atomic mass is 10.1. The van der Waals surface area contributed by atoms with Gasteiger partial charge in [0.25, 0.3) is 0 Å². The molecule has 0 saturated carbocycles. The zero-order valence-corrected chi connectivity index (χ0v) is 15.1. The average Bonchev–Trinajstić information content (AvgIpc) is 2.63. The molecule has 5 heteroatoms. The van der Waals surface area contributed by atoms with E-state index in [1.165, 1.54) is 5.56 Å². The maximum absolute atomic E-state index is 11.7. The van der Waals surface area contributed by atoms with Crippen LogP contribution in [0.25, 0.3) is 0 Å². The molecular formula is C20H25ClN2O2. The van der Waals surface area contributed by atoms with Crippen LogP contribution < -0.4 is 15.4 Å². The van der Waals surface area contributed by atoms with Gasteiger partial charge in [-0.2, -0.15) is 0 Å². The minimum atomic E-state index is -0.127. The lowest BCUT2D eigenvalue weighted by Crippen LogP contribution is -2.36. The summed E-state index contributed by atoms with van der Waals surface area (Å²) < 4.78 is 5.57. The molecule has 0 aliphatic rings. The fourth-order valence-corrected chi connectivity index (χ4v) is 2.57. The third-order valence-corrected chi connectivity index (χ3v) is 4.03. The summed E-state index contributed by atoms with van der Waals surface area (Å²) in [6.07, 6.45) is 3.81. The van der Waals surface area contributed by atoms with Gasteiger partial charge in [0, 0.05) is 13.1 Å². The first-order valence-corrected chi connectivity index (χ1v) is 9.06. The lowest BCUT2D eigenvalue weighted by Gasteiger charge is -2.09. The van der Waals surface area contributed by atoms with Crippen LogP contribution in [0.4, 0.5) is 4.79 Å². The molecule has 25 heavy (non-hydrogen) atoms. The topological polar surface area (TPSA) is 50.4 Å². The van der Waals surface area contributed by atoms with Gasteiger partial charge in [0.15, 0.2) is 0 Å². The van der Waals surface area contributed by atoms with Crippen molar-refractivity contribution in [3.8, 4) is 5.75 Å². The molecule has 4 nitrogen and oxygen atoms in total. The molecule has 0 spiro atoms. The van der Waals surface area contributed by atoms with E-state index in [2.05, 4.69) is 34.9 Å². The van der Waals surface area contributed by atoms with Crippen molar-refractivity contribution in [2.45, 2.75) is 25.7 Å². The molecule has 0 aliphatic heterocycles. The normalized spacial score (nSPS) is 10.3. The zero-order valence-electron chi connectivity index (χ0n) is 14.3. The summed E-state index contributed by atoms with van der Waals surface area (Å²) in [5.74, 6) is 0.673. The van der Waals surface area contributed by atoms with E-state index in [9.17, 15) is 4.79 Å². The first-order chi connectivity index (χ1) is 12.3.